The number of hydrogen-bond donors (Lipinski definition) is 1. The summed E-state index contributed by atoms with van der Waals surface area (Å²) in [5.41, 5.74) is 0.959. The van der Waals surface area contributed by atoms with Crippen LogP contribution in [0.3, 0.4) is 0 Å². The van der Waals surface area contributed by atoms with Crippen LogP contribution in [-0.2, 0) is 0 Å². The molecule has 0 aliphatic carbocycles. The van der Waals surface area contributed by atoms with Gasteiger partial charge in [0.1, 0.15) is 5.52 Å². The summed E-state index contributed by atoms with van der Waals surface area (Å²) in [6, 6.07) is 9.38. The number of nitrogens with zero attached hydrogens (tertiary/aromatic N) is 3. The van der Waals surface area contributed by atoms with Crippen molar-refractivity contribution < 1.29 is 0 Å². The molecule has 17 heavy (non-hydrogen) atoms. The normalized spacial score (nSPS) is 10.9. The van der Waals surface area contributed by atoms with Gasteiger partial charge in [-0.15, -0.1) is 0 Å². The smallest absolute Gasteiger partial charge is 0.246 e. The summed E-state index contributed by atoms with van der Waals surface area (Å²) < 4.78 is 1.41. The van der Waals surface area contributed by atoms with Crippen molar-refractivity contribution in [1.29, 1.82) is 0 Å². The molecule has 0 radical (unpaired) electrons. The van der Waals surface area contributed by atoms with Gasteiger partial charge >= 0.3 is 5.69 Å². The van der Waals surface area contributed by atoms with Crippen molar-refractivity contribution in [3.05, 3.63) is 52.2 Å². The monoisotopic (exact) mass is 246 g/mol. The van der Waals surface area contributed by atoms with E-state index >= 15 is 0 Å². The predicted molar refractivity (Wildman–Crippen MR) is 64.1 cm³/mol. The molecule has 0 spiro atoms. The second-order valence-electron chi connectivity index (χ2n) is 3.49. The third-order valence-electron chi connectivity index (χ3n) is 2.45. The molecule has 2 heterocycles. The zero-order valence-corrected chi connectivity index (χ0v) is 9.35. The number of nitrogens with one attached hydrogen (secondary N) is 1. The minimum Gasteiger partial charge on any atom is -0.246 e. The number of benzene rings is 1. The van der Waals surface area contributed by atoms with E-state index in [0.717, 1.165) is 5.56 Å². The van der Waals surface area contributed by atoms with Gasteiger partial charge in [0.05, 0.1) is 6.20 Å². The summed E-state index contributed by atoms with van der Waals surface area (Å²) >= 11 is 5.97. The molecule has 0 fully saturated rings. The zero-order valence-electron chi connectivity index (χ0n) is 8.59. The Labute approximate surface area is 101 Å². The van der Waals surface area contributed by atoms with E-state index in [-0.39, 0.29) is 10.8 Å². The molecule has 6 heteroatoms. The number of aromatic nitrogens is 4. The number of hydrogen-bond acceptors (Lipinski definition) is 3. The molecule has 1 aromatic carbocycles. The molecular weight excluding hydrogens is 240 g/mol. The van der Waals surface area contributed by atoms with Gasteiger partial charge in [-0.2, -0.15) is 5.10 Å². The van der Waals surface area contributed by atoms with Crippen molar-refractivity contribution >= 4 is 17.1 Å². The van der Waals surface area contributed by atoms with Crippen LogP contribution < -0.4 is 5.69 Å². The Bertz CT molecular complexity index is 732. The summed E-state index contributed by atoms with van der Waals surface area (Å²) in [6.45, 7) is 0. The number of imidazole rings is 1. The first-order valence-electron chi connectivity index (χ1n) is 4.94. The minimum absolute atomic E-state index is 0.266. The molecule has 0 atom stereocenters. The van der Waals surface area contributed by atoms with Crippen molar-refractivity contribution in [1.82, 2.24) is 19.6 Å². The molecule has 0 saturated heterocycles. The Morgan fingerprint density at radius 3 is 2.76 bits per heavy atom. The molecule has 3 rings (SSSR count). The standard InChI is InChI=1S/C11H7ClN4O/c12-9-8-6-13-15-11(17)16(8)10(14-9)7-4-2-1-3-5-7/h1-6H,(H,15,17). The fourth-order valence-electron chi connectivity index (χ4n) is 1.70. The van der Waals surface area contributed by atoms with Crippen LogP contribution in [0.5, 0.6) is 0 Å². The molecule has 2 aromatic heterocycles. The van der Waals surface area contributed by atoms with Gasteiger partial charge in [0.2, 0.25) is 0 Å². The molecule has 0 aliphatic heterocycles. The Kier molecular flexibility index (Phi) is 2.19. The second-order valence-corrected chi connectivity index (χ2v) is 3.85. The molecule has 0 unspecified atom stereocenters. The van der Waals surface area contributed by atoms with Gasteiger partial charge in [-0.25, -0.2) is 19.3 Å². The van der Waals surface area contributed by atoms with Gasteiger partial charge in [0.25, 0.3) is 0 Å². The van der Waals surface area contributed by atoms with Gasteiger partial charge in [0, 0.05) is 5.56 Å². The van der Waals surface area contributed by atoms with Crippen LogP contribution in [0.25, 0.3) is 16.9 Å². The van der Waals surface area contributed by atoms with Gasteiger partial charge in [-0.1, -0.05) is 41.9 Å². The lowest BCUT2D eigenvalue weighted by molar-refractivity contribution is 0.889. The number of fused-ring (bicyclic) bond motifs is 1. The predicted octanol–water partition coefficient (Wildman–Crippen LogP) is 1.74. The van der Waals surface area contributed by atoms with Crippen molar-refractivity contribution in [3.63, 3.8) is 0 Å². The first-order chi connectivity index (χ1) is 8.27. The highest BCUT2D eigenvalue weighted by atomic mass is 35.5. The van der Waals surface area contributed by atoms with Gasteiger partial charge in [0.15, 0.2) is 11.0 Å². The van der Waals surface area contributed by atoms with Crippen LogP contribution in [0.2, 0.25) is 5.15 Å². The van der Waals surface area contributed by atoms with Gasteiger partial charge in [-0.3, -0.25) is 0 Å². The molecule has 0 amide bonds. The van der Waals surface area contributed by atoms with Crippen LogP contribution in [0, 0.1) is 0 Å². The number of rotatable bonds is 1. The maximum atomic E-state index is 11.7. The molecule has 0 saturated carbocycles. The summed E-state index contributed by atoms with van der Waals surface area (Å²) in [5, 5.41) is 6.32. The summed E-state index contributed by atoms with van der Waals surface area (Å²) in [5.74, 6) is 0.509. The SMILES string of the molecule is O=c1[nH]ncc2c(Cl)nc(-c3ccccc3)n12. The lowest BCUT2D eigenvalue weighted by Crippen LogP contribution is -2.17. The third kappa shape index (κ3) is 1.52. The van der Waals surface area contributed by atoms with Crippen LogP contribution in [0.1, 0.15) is 0 Å². The van der Waals surface area contributed by atoms with E-state index in [9.17, 15) is 4.79 Å². The average Bonchev–Trinajstić information content (AvgIpc) is 2.70. The van der Waals surface area contributed by atoms with E-state index in [1.54, 1.807) is 0 Å². The molecule has 0 aliphatic rings. The largest absolute Gasteiger partial charge is 0.348 e. The van der Waals surface area contributed by atoms with Crippen LogP contribution in [-0.4, -0.2) is 19.6 Å². The molecule has 84 valence electrons. The summed E-state index contributed by atoms with van der Waals surface area (Å²) in [4.78, 5) is 15.9. The van der Waals surface area contributed by atoms with Crippen molar-refractivity contribution in [2.75, 3.05) is 0 Å². The van der Waals surface area contributed by atoms with Crippen LogP contribution in [0.4, 0.5) is 0 Å². The Morgan fingerprint density at radius 2 is 2.00 bits per heavy atom. The maximum absolute atomic E-state index is 11.7. The first kappa shape index (κ1) is 10.0. The first-order valence-corrected chi connectivity index (χ1v) is 5.32. The molecular formula is C11H7ClN4O. The van der Waals surface area contributed by atoms with Crippen molar-refractivity contribution in [2.45, 2.75) is 0 Å². The second kappa shape index (κ2) is 3.71. The fraction of sp³-hybridized carbons (Fsp3) is 0. The zero-order chi connectivity index (χ0) is 11.8. The lowest BCUT2D eigenvalue weighted by Gasteiger charge is -1.98. The quantitative estimate of drug-likeness (QED) is 0.711. The Balaban J connectivity index is 2.43. The number of H-pyrrole nitrogens is 1. The highest BCUT2D eigenvalue weighted by molar-refractivity contribution is 6.32. The summed E-state index contributed by atoms with van der Waals surface area (Å²) in [7, 11) is 0. The Hall–Kier alpha value is -2.14. The number of aromatic amines is 1. The molecule has 5 nitrogen and oxygen atoms in total. The van der Waals surface area contributed by atoms with Crippen LogP contribution >= 0.6 is 11.6 Å². The Morgan fingerprint density at radius 1 is 1.24 bits per heavy atom. The highest BCUT2D eigenvalue weighted by Crippen LogP contribution is 2.22. The average molecular weight is 247 g/mol. The van der Waals surface area contributed by atoms with E-state index in [1.165, 1.54) is 10.6 Å². The van der Waals surface area contributed by atoms with E-state index in [4.69, 9.17) is 11.6 Å². The van der Waals surface area contributed by atoms with Crippen molar-refractivity contribution in [3.8, 4) is 11.4 Å². The fourth-order valence-corrected chi connectivity index (χ4v) is 1.92. The minimum atomic E-state index is -0.360. The van der Waals surface area contributed by atoms with E-state index in [0.29, 0.717) is 11.3 Å². The van der Waals surface area contributed by atoms with Crippen molar-refractivity contribution in [2.24, 2.45) is 0 Å². The van der Waals surface area contributed by atoms with E-state index in [2.05, 4.69) is 15.2 Å². The third-order valence-corrected chi connectivity index (χ3v) is 2.73. The topological polar surface area (TPSA) is 63.0 Å². The van der Waals surface area contributed by atoms with Gasteiger partial charge < -0.3 is 0 Å². The van der Waals surface area contributed by atoms with E-state index in [1.807, 2.05) is 30.3 Å². The molecule has 3 aromatic rings. The van der Waals surface area contributed by atoms with E-state index < -0.39 is 0 Å². The molecule has 1 N–H and O–H groups in total. The maximum Gasteiger partial charge on any atom is 0.348 e. The van der Waals surface area contributed by atoms with Gasteiger partial charge in [-0.05, 0) is 0 Å². The van der Waals surface area contributed by atoms with Crippen LogP contribution in [0.15, 0.2) is 41.3 Å². The summed E-state index contributed by atoms with van der Waals surface area (Å²) in [6.07, 6.45) is 1.48. The number of halogens is 1. The lowest BCUT2D eigenvalue weighted by atomic mass is 10.2. The highest BCUT2D eigenvalue weighted by Gasteiger charge is 2.13. The molecule has 0 bridgehead atoms.